The highest BCUT2D eigenvalue weighted by atomic mass is 79.9. The summed E-state index contributed by atoms with van der Waals surface area (Å²) in [6.07, 6.45) is 1.22. The van der Waals surface area contributed by atoms with Crippen LogP contribution in [0.15, 0.2) is 22.7 Å². The van der Waals surface area contributed by atoms with Crippen molar-refractivity contribution in [1.82, 2.24) is 4.90 Å². The standard InChI is InChI=1S/C12H16BrClN2.ClH/c13-12-2-1-11(14)5-10(12)8-16-4-3-9(6-15)7-16;/h1-2,5,9H,3-4,6-8,15H2;1H. The Morgan fingerprint density at radius 3 is 2.88 bits per heavy atom. The quantitative estimate of drug-likeness (QED) is 0.915. The third-order valence-electron chi connectivity index (χ3n) is 3.11. The van der Waals surface area contributed by atoms with Gasteiger partial charge in [0.15, 0.2) is 0 Å². The number of hydrogen-bond donors (Lipinski definition) is 1. The molecule has 1 aromatic rings. The lowest BCUT2D eigenvalue weighted by Gasteiger charge is -2.16. The van der Waals surface area contributed by atoms with Gasteiger partial charge in [-0.05, 0) is 49.2 Å². The molecule has 0 saturated carbocycles. The van der Waals surface area contributed by atoms with E-state index in [4.69, 9.17) is 17.3 Å². The van der Waals surface area contributed by atoms with Crippen molar-refractivity contribution in [3.8, 4) is 0 Å². The molecule has 1 heterocycles. The molecule has 0 spiro atoms. The van der Waals surface area contributed by atoms with Crippen molar-refractivity contribution in [2.75, 3.05) is 19.6 Å². The fraction of sp³-hybridized carbons (Fsp3) is 0.500. The summed E-state index contributed by atoms with van der Waals surface area (Å²) < 4.78 is 1.13. The molecule has 1 aromatic carbocycles. The predicted molar refractivity (Wildman–Crippen MR) is 78.8 cm³/mol. The summed E-state index contributed by atoms with van der Waals surface area (Å²) in [7, 11) is 0. The Kier molecular flexibility index (Phi) is 6.24. The number of halogens is 3. The van der Waals surface area contributed by atoms with Crippen molar-refractivity contribution < 1.29 is 0 Å². The van der Waals surface area contributed by atoms with Crippen molar-refractivity contribution in [1.29, 1.82) is 0 Å². The average Bonchev–Trinajstić information content (AvgIpc) is 2.71. The molecular formula is C12H17BrCl2N2. The van der Waals surface area contributed by atoms with Crippen LogP contribution in [0.4, 0.5) is 0 Å². The summed E-state index contributed by atoms with van der Waals surface area (Å²) >= 11 is 9.56. The Labute approximate surface area is 122 Å². The van der Waals surface area contributed by atoms with Crippen LogP contribution in [0.5, 0.6) is 0 Å². The van der Waals surface area contributed by atoms with Gasteiger partial charge in [0.1, 0.15) is 0 Å². The molecule has 1 fully saturated rings. The lowest BCUT2D eigenvalue weighted by molar-refractivity contribution is 0.317. The first kappa shape index (κ1) is 15.3. The van der Waals surface area contributed by atoms with Crippen LogP contribution in [-0.4, -0.2) is 24.5 Å². The molecule has 1 atom stereocenters. The second-order valence-corrected chi connectivity index (χ2v) is 5.65. The molecule has 1 aliphatic rings. The summed E-state index contributed by atoms with van der Waals surface area (Å²) in [5.41, 5.74) is 6.94. The molecule has 0 radical (unpaired) electrons. The zero-order valence-corrected chi connectivity index (χ0v) is 12.7. The number of likely N-dealkylation sites (tertiary alicyclic amines) is 1. The Morgan fingerprint density at radius 1 is 1.47 bits per heavy atom. The summed E-state index contributed by atoms with van der Waals surface area (Å²) in [6.45, 7) is 4.00. The molecule has 0 aromatic heterocycles. The first-order valence-electron chi connectivity index (χ1n) is 5.55. The predicted octanol–water partition coefficient (Wildman–Crippen LogP) is 3.30. The Balaban J connectivity index is 0.00000144. The third kappa shape index (κ3) is 4.11. The largest absolute Gasteiger partial charge is 0.330 e. The zero-order chi connectivity index (χ0) is 11.5. The van der Waals surface area contributed by atoms with Crippen LogP contribution >= 0.6 is 39.9 Å². The normalized spacial score (nSPS) is 20.3. The topological polar surface area (TPSA) is 29.3 Å². The summed E-state index contributed by atoms with van der Waals surface area (Å²) in [5.74, 6) is 0.665. The van der Waals surface area contributed by atoms with Gasteiger partial charge in [0, 0.05) is 22.6 Å². The highest BCUT2D eigenvalue weighted by molar-refractivity contribution is 9.10. The average molecular weight is 340 g/mol. The van der Waals surface area contributed by atoms with Crippen molar-refractivity contribution >= 4 is 39.9 Å². The van der Waals surface area contributed by atoms with E-state index in [1.807, 2.05) is 18.2 Å². The molecule has 0 aliphatic carbocycles. The van der Waals surface area contributed by atoms with E-state index in [0.717, 1.165) is 35.7 Å². The van der Waals surface area contributed by atoms with Crippen molar-refractivity contribution in [3.63, 3.8) is 0 Å². The lowest BCUT2D eigenvalue weighted by Crippen LogP contribution is -2.22. The van der Waals surface area contributed by atoms with E-state index in [1.54, 1.807) is 0 Å². The van der Waals surface area contributed by atoms with E-state index in [9.17, 15) is 0 Å². The molecular weight excluding hydrogens is 323 g/mol. The molecule has 96 valence electrons. The summed E-state index contributed by atoms with van der Waals surface area (Å²) in [4.78, 5) is 2.44. The van der Waals surface area contributed by atoms with E-state index in [-0.39, 0.29) is 12.4 Å². The van der Waals surface area contributed by atoms with Crippen LogP contribution in [0.3, 0.4) is 0 Å². The molecule has 5 heteroatoms. The number of nitrogens with two attached hydrogens (primary N) is 1. The first-order chi connectivity index (χ1) is 7.69. The van der Waals surface area contributed by atoms with Crippen molar-refractivity contribution in [3.05, 3.63) is 33.3 Å². The minimum absolute atomic E-state index is 0. The van der Waals surface area contributed by atoms with Crippen molar-refractivity contribution in [2.24, 2.45) is 11.7 Å². The van der Waals surface area contributed by atoms with E-state index in [2.05, 4.69) is 20.8 Å². The van der Waals surface area contributed by atoms with E-state index in [1.165, 1.54) is 12.0 Å². The SMILES string of the molecule is Cl.NCC1CCN(Cc2cc(Cl)ccc2Br)C1. The highest BCUT2D eigenvalue weighted by Gasteiger charge is 2.21. The molecule has 0 bridgehead atoms. The summed E-state index contributed by atoms with van der Waals surface area (Å²) in [5, 5.41) is 0.799. The Bertz CT molecular complexity index is 374. The van der Waals surface area contributed by atoms with Gasteiger partial charge in [0.25, 0.3) is 0 Å². The van der Waals surface area contributed by atoms with Gasteiger partial charge < -0.3 is 5.73 Å². The van der Waals surface area contributed by atoms with Gasteiger partial charge in [-0.1, -0.05) is 27.5 Å². The number of hydrogen-bond acceptors (Lipinski definition) is 2. The van der Waals surface area contributed by atoms with E-state index in [0.29, 0.717) is 5.92 Å². The van der Waals surface area contributed by atoms with Crippen molar-refractivity contribution in [2.45, 2.75) is 13.0 Å². The third-order valence-corrected chi connectivity index (χ3v) is 4.11. The number of rotatable bonds is 3. The maximum Gasteiger partial charge on any atom is 0.0410 e. The molecule has 1 unspecified atom stereocenters. The molecule has 1 aliphatic heterocycles. The van der Waals surface area contributed by atoms with Gasteiger partial charge in [0.05, 0.1) is 0 Å². The Morgan fingerprint density at radius 2 is 2.24 bits per heavy atom. The van der Waals surface area contributed by atoms with Gasteiger partial charge in [-0.15, -0.1) is 12.4 Å². The lowest BCUT2D eigenvalue weighted by atomic mass is 10.1. The highest BCUT2D eigenvalue weighted by Crippen LogP contribution is 2.25. The minimum Gasteiger partial charge on any atom is -0.330 e. The van der Waals surface area contributed by atoms with Crippen LogP contribution in [0.2, 0.25) is 5.02 Å². The number of benzene rings is 1. The molecule has 17 heavy (non-hydrogen) atoms. The molecule has 2 N–H and O–H groups in total. The molecule has 0 amide bonds. The Hall–Kier alpha value is 0.200. The maximum absolute atomic E-state index is 6.00. The van der Waals surface area contributed by atoms with Crippen LogP contribution in [0.1, 0.15) is 12.0 Å². The monoisotopic (exact) mass is 338 g/mol. The van der Waals surface area contributed by atoms with Gasteiger partial charge in [0.2, 0.25) is 0 Å². The van der Waals surface area contributed by atoms with E-state index < -0.39 is 0 Å². The van der Waals surface area contributed by atoms with Crippen LogP contribution in [0, 0.1) is 5.92 Å². The van der Waals surface area contributed by atoms with E-state index >= 15 is 0 Å². The van der Waals surface area contributed by atoms with Gasteiger partial charge in [-0.3, -0.25) is 4.90 Å². The minimum atomic E-state index is 0. The smallest absolute Gasteiger partial charge is 0.0410 e. The van der Waals surface area contributed by atoms with Gasteiger partial charge in [-0.2, -0.15) is 0 Å². The van der Waals surface area contributed by atoms with Crippen LogP contribution < -0.4 is 5.73 Å². The molecule has 1 saturated heterocycles. The van der Waals surface area contributed by atoms with Crippen LogP contribution in [-0.2, 0) is 6.54 Å². The second-order valence-electron chi connectivity index (χ2n) is 4.36. The second kappa shape index (κ2) is 6.95. The zero-order valence-electron chi connectivity index (χ0n) is 9.53. The van der Waals surface area contributed by atoms with Gasteiger partial charge >= 0.3 is 0 Å². The number of nitrogens with zero attached hydrogens (tertiary/aromatic N) is 1. The maximum atomic E-state index is 6.00. The van der Waals surface area contributed by atoms with Gasteiger partial charge in [-0.25, -0.2) is 0 Å². The fourth-order valence-electron chi connectivity index (χ4n) is 2.15. The fourth-order valence-corrected chi connectivity index (χ4v) is 2.72. The van der Waals surface area contributed by atoms with Crippen LogP contribution in [0.25, 0.3) is 0 Å². The first-order valence-corrected chi connectivity index (χ1v) is 6.72. The summed E-state index contributed by atoms with van der Waals surface area (Å²) in [6, 6.07) is 5.94. The molecule has 2 nitrogen and oxygen atoms in total. The molecule has 2 rings (SSSR count).